The van der Waals surface area contributed by atoms with Crippen LogP contribution in [0.2, 0.25) is 0 Å². The van der Waals surface area contributed by atoms with E-state index in [0.29, 0.717) is 13.0 Å². The number of hydrogen-bond acceptors (Lipinski definition) is 4. The molecule has 0 unspecified atom stereocenters. The van der Waals surface area contributed by atoms with Gasteiger partial charge in [-0.25, -0.2) is 4.79 Å². The molecule has 0 aromatic heterocycles. The van der Waals surface area contributed by atoms with E-state index in [0.717, 1.165) is 19.3 Å². The van der Waals surface area contributed by atoms with Crippen molar-refractivity contribution >= 4 is 11.9 Å². The van der Waals surface area contributed by atoms with Crippen LogP contribution in [0.5, 0.6) is 0 Å². The van der Waals surface area contributed by atoms with Crippen LogP contribution in [0.4, 0.5) is 0 Å². The van der Waals surface area contributed by atoms with Crippen LogP contribution in [-0.4, -0.2) is 24.6 Å². The highest BCUT2D eigenvalue weighted by Gasteiger charge is 2.22. The van der Waals surface area contributed by atoms with Crippen molar-refractivity contribution in [2.45, 2.75) is 65.4 Å². The van der Waals surface area contributed by atoms with Crippen molar-refractivity contribution in [1.82, 2.24) is 0 Å². The van der Waals surface area contributed by atoms with E-state index in [4.69, 9.17) is 9.47 Å². The summed E-state index contributed by atoms with van der Waals surface area (Å²) < 4.78 is 10.0. The Kier molecular flexibility index (Phi) is 9.85. The maximum Gasteiger partial charge on any atom is 0.337 e. The zero-order valence-electron chi connectivity index (χ0n) is 12.4. The normalized spacial score (nSPS) is 11.7. The molecule has 0 aromatic carbocycles. The van der Waals surface area contributed by atoms with Gasteiger partial charge in [-0.2, -0.15) is 0 Å². The Balaban J connectivity index is 4.25. The number of esters is 2. The Hall–Kier alpha value is -1.32. The van der Waals surface area contributed by atoms with Gasteiger partial charge in [0.05, 0.1) is 12.2 Å². The Morgan fingerprint density at radius 1 is 1.11 bits per heavy atom. The summed E-state index contributed by atoms with van der Waals surface area (Å²) in [7, 11) is 0. The lowest BCUT2D eigenvalue weighted by Gasteiger charge is -2.18. The summed E-state index contributed by atoms with van der Waals surface area (Å²) in [5.74, 6) is -0.883. The third-order valence-corrected chi connectivity index (χ3v) is 2.80. The Morgan fingerprint density at radius 3 is 2.26 bits per heavy atom. The molecule has 0 fully saturated rings. The molecule has 0 aromatic rings. The van der Waals surface area contributed by atoms with Crippen molar-refractivity contribution in [2.24, 2.45) is 0 Å². The zero-order valence-corrected chi connectivity index (χ0v) is 12.4. The third-order valence-electron chi connectivity index (χ3n) is 2.80. The number of ether oxygens (including phenoxy) is 2. The van der Waals surface area contributed by atoms with Gasteiger partial charge in [-0.1, -0.05) is 39.2 Å². The van der Waals surface area contributed by atoms with E-state index in [9.17, 15) is 9.59 Å². The fourth-order valence-electron chi connectivity index (χ4n) is 1.79. The van der Waals surface area contributed by atoms with Crippen LogP contribution in [0, 0.1) is 0 Å². The molecule has 0 rings (SSSR count). The van der Waals surface area contributed by atoms with Gasteiger partial charge in [0, 0.05) is 6.92 Å². The van der Waals surface area contributed by atoms with E-state index in [2.05, 4.69) is 13.5 Å². The van der Waals surface area contributed by atoms with Crippen molar-refractivity contribution < 1.29 is 19.1 Å². The van der Waals surface area contributed by atoms with E-state index in [1.165, 1.54) is 19.8 Å². The number of rotatable bonds is 10. The molecule has 4 nitrogen and oxygen atoms in total. The highest BCUT2D eigenvalue weighted by molar-refractivity contribution is 5.89. The second-order valence-electron chi connectivity index (χ2n) is 4.55. The predicted octanol–water partition coefficient (Wildman–Crippen LogP) is 3.40. The van der Waals surface area contributed by atoms with Gasteiger partial charge in [-0.15, -0.1) is 0 Å². The summed E-state index contributed by atoms with van der Waals surface area (Å²) in [5, 5.41) is 0. The van der Waals surface area contributed by atoms with Crippen molar-refractivity contribution in [3.63, 3.8) is 0 Å². The molecule has 0 bridgehead atoms. The second kappa shape index (κ2) is 10.6. The molecule has 0 radical (unpaired) electrons. The van der Waals surface area contributed by atoms with Crippen molar-refractivity contribution in [1.29, 1.82) is 0 Å². The largest absolute Gasteiger partial charge is 0.463 e. The van der Waals surface area contributed by atoms with E-state index >= 15 is 0 Å². The zero-order chi connectivity index (χ0) is 14.7. The lowest BCUT2D eigenvalue weighted by atomic mass is 10.0. The smallest absolute Gasteiger partial charge is 0.337 e. The van der Waals surface area contributed by atoms with Crippen molar-refractivity contribution in [3.05, 3.63) is 12.2 Å². The van der Waals surface area contributed by atoms with Crippen molar-refractivity contribution in [3.8, 4) is 0 Å². The summed E-state index contributed by atoms with van der Waals surface area (Å²) in [4.78, 5) is 22.6. The molecule has 110 valence electrons. The summed E-state index contributed by atoms with van der Waals surface area (Å²) in [6.07, 6.45) is 5.60. The topological polar surface area (TPSA) is 52.6 Å². The molecule has 4 heteroatoms. The number of carbonyl (C=O) groups is 2. The first-order valence-electron chi connectivity index (χ1n) is 7.06. The maximum atomic E-state index is 11.6. The second-order valence-corrected chi connectivity index (χ2v) is 4.55. The van der Waals surface area contributed by atoms with Gasteiger partial charge in [0.1, 0.15) is 6.10 Å². The molecule has 0 N–H and O–H groups in total. The molecule has 0 aliphatic rings. The van der Waals surface area contributed by atoms with Gasteiger partial charge in [-0.3, -0.25) is 4.79 Å². The minimum atomic E-state index is -0.557. The fraction of sp³-hybridized carbons (Fsp3) is 0.733. The molecule has 0 heterocycles. The number of hydrogen-bond donors (Lipinski definition) is 0. The molecule has 0 amide bonds. The highest BCUT2D eigenvalue weighted by atomic mass is 16.6. The Morgan fingerprint density at radius 2 is 1.74 bits per heavy atom. The van der Waals surface area contributed by atoms with E-state index < -0.39 is 18.0 Å². The Bertz CT molecular complexity index is 297. The Labute approximate surface area is 116 Å². The first-order chi connectivity index (χ1) is 9.02. The van der Waals surface area contributed by atoms with Gasteiger partial charge in [-0.05, 0) is 19.8 Å². The highest BCUT2D eigenvalue weighted by Crippen LogP contribution is 2.16. The summed E-state index contributed by atoms with van der Waals surface area (Å²) >= 11 is 0. The molecule has 0 saturated carbocycles. The van der Waals surface area contributed by atoms with E-state index in [-0.39, 0.29) is 5.57 Å². The van der Waals surface area contributed by atoms with E-state index in [1.807, 2.05) is 0 Å². The lowest BCUT2D eigenvalue weighted by Crippen LogP contribution is -2.24. The molecular formula is C15H26O4. The van der Waals surface area contributed by atoms with Gasteiger partial charge in [0.2, 0.25) is 0 Å². The quantitative estimate of drug-likeness (QED) is 0.347. The van der Waals surface area contributed by atoms with Crippen LogP contribution in [0.1, 0.15) is 59.3 Å². The van der Waals surface area contributed by atoms with Crippen LogP contribution in [-0.2, 0) is 19.1 Å². The fourth-order valence-corrected chi connectivity index (χ4v) is 1.79. The average Bonchev–Trinajstić information content (AvgIpc) is 2.36. The van der Waals surface area contributed by atoms with Gasteiger partial charge >= 0.3 is 11.9 Å². The SMILES string of the molecule is C=C(C(=O)OCC)[C@H](CCCCCCC)OC(C)=O. The average molecular weight is 270 g/mol. The third kappa shape index (κ3) is 8.41. The van der Waals surface area contributed by atoms with Gasteiger partial charge in [0.15, 0.2) is 0 Å². The first kappa shape index (κ1) is 17.7. The number of unbranched alkanes of at least 4 members (excludes halogenated alkanes) is 4. The van der Waals surface area contributed by atoms with Crippen LogP contribution in [0.25, 0.3) is 0 Å². The lowest BCUT2D eigenvalue weighted by molar-refractivity contribution is -0.147. The van der Waals surface area contributed by atoms with Gasteiger partial charge in [0.25, 0.3) is 0 Å². The molecule has 0 aliphatic heterocycles. The maximum absolute atomic E-state index is 11.6. The summed E-state index contributed by atoms with van der Waals surface area (Å²) in [6.45, 7) is 9.21. The standard InChI is InChI=1S/C15H26O4/c1-5-7-8-9-10-11-14(19-13(4)16)12(3)15(17)18-6-2/h14H,3,5-11H2,1-2,4H3/t14-/m0/s1. The molecule has 1 atom stereocenters. The van der Waals surface area contributed by atoms with Crippen LogP contribution >= 0.6 is 0 Å². The van der Waals surface area contributed by atoms with Crippen LogP contribution in [0.3, 0.4) is 0 Å². The molecule has 19 heavy (non-hydrogen) atoms. The van der Waals surface area contributed by atoms with Crippen molar-refractivity contribution in [2.75, 3.05) is 6.61 Å². The minimum absolute atomic E-state index is 0.229. The molecule has 0 aliphatic carbocycles. The predicted molar refractivity (Wildman–Crippen MR) is 74.7 cm³/mol. The minimum Gasteiger partial charge on any atom is -0.463 e. The first-order valence-corrected chi connectivity index (χ1v) is 7.06. The van der Waals surface area contributed by atoms with Crippen LogP contribution < -0.4 is 0 Å². The molecular weight excluding hydrogens is 244 g/mol. The number of carbonyl (C=O) groups excluding carboxylic acids is 2. The summed E-state index contributed by atoms with van der Waals surface area (Å²) in [6, 6.07) is 0. The van der Waals surface area contributed by atoms with E-state index in [1.54, 1.807) is 6.92 Å². The monoisotopic (exact) mass is 270 g/mol. The molecule has 0 spiro atoms. The molecule has 0 saturated heterocycles. The van der Waals surface area contributed by atoms with Gasteiger partial charge < -0.3 is 9.47 Å². The summed E-state index contributed by atoms with van der Waals surface area (Å²) in [5.41, 5.74) is 0.229. The van der Waals surface area contributed by atoms with Crippen LogP contribution in [0.15, 0.2) is 12.2 Å².